The van der Waals surface area contributed by atoms with Crippen molar-refractivity contribution in [1.29, 1.82) is 0 Å². The molecule has 0 fully saturated rings. The van der Waals surface area contributed by atoms with Crippen LogP contribution in [0.2, 0.25) is 0 Å². The Balaban J connectivity index is 2.29. The zero-order valence-corrected chi connectivity index (χ0v) is 14.0. The molecule has 0 aromatic heterocycles. The average molecular weight is 307 g/mol. The Bertz CT molecular complexity index is 418. The molecule has 0 amide bonds. The molecule has 5 nitrogen and oxygen atoms in total. The molecule has 0 aliphatic carbocycles. The topological polar surface area (TPSA) is 54.9 Å². The maximum atomic E-state index is 5.31. The molecule has 1 aromatic rings. The second kappa shape index (κ2) is 11.9. The van der Waals surface area contributed by atoms with Crippen LogP contribution in [-0.4, -0.2) is 45.9 Å². The van der Waals surface area contributed by atoms with Crippen LogP contribution in [0.25, 0.3) is 0 Å². The molecule has 0 aliphatic rings. The van der Waals surface area contributed by atoms with Gasteiger partial charge in [-0.25, -0.2) is 0 Å². The quantitative estimate of drug-likeness (QED) is 0.395. The van der Waals surface area contributed by atoms with Crippen LogP contribution in [0, 0.1) is 0 Å². The lowest BCUT2D eigenvalue weighted by atomic mass is 10.1. The fourth-order valence-corrected chi connectivity index (χ4v) is 1.99. The van der Waals surface area contributed by atoms with E-state index in [1.165, 1.54) is 5.56 Å². The fraction of sp³-hybridized carbons (Fsp3) is 0.588. The van der Waals surface area contributed by atoms with Crippen molar-refractivity contribution in [2.75, 3.05) is 40.0 Å². The fourth-order valence-electron chi connectivity index (χ4n) is 1.99. The molecule has 124 valence electrons. The van der Waals surface area contributed by atoms with E-state index < -0.39 is 0 Å². The van der Waals surface area contributed by atoms with Gasteiger partial charge in [-0.3, -0.25) is 4.99 Å². The SMILES string of the molecule is CCNC(=NCCCc1ccc(OC)cc1)NCCOCC. The largest absolute Gasteiger partial charge is 0.497 e. The standard InChI is InChI=1S/C17H29N3O2/c1-4-18-17(20-13-14-22-5-2)19-12-6-7-15-8-10-16(21-3)11-9-15/h8-11H,4-7,12-14H2,1-3H3,(H2,18,19,20). The van der Waals surface area contributed by atoms with Gasteiger partial charge in [0.05, 0.1) is 13.7 Å². The summed E-state index contributed by atoms with van der Waals surface area (Å²) in [5.74, 6) is 1.76. The van der Waals surface area contributed by atoms with E-state index in [-0.39, 0.29) is 0 Å². The first kappa shape index (κ1) is 18.3. The first-order chi connectivity index (χ1) is 10.8. The van der Waals surface area contributed by atoms with Crippen molar-refractivity contribution in [3.63, 3.8) is 0 Å². The van der Waals surface area contributed by atoms with Gasteiger partial charge in [0.2, 0.25) is 0 Å². The van der Waals surface area contributed by atoms with Crippen molar-refractivity contribution in [3.05, 3.63) is 29.8 Å². The molecular weight excluding hydrogens is 278 g/mol. The predicted octanol–water partition coefficient (Wildman–Crippen LogP) is 2.22. The molecule has 0 unspecified atom stereocenters. The first-order valence-corrected chi connectivity index (χ1v) is 8.03. The van der Waals surface area contributed by atoms with E-state index in [4.69, 9.17) is 9.47 Å². The molecule has 0 atom stereocenters. The smallest absolute Gasteiger partial charge is 0.191 e. The Labute approximate surface area is 134 Å². The summed E-state index contributed by atoms with van der Waals surface area (Å²) in [6.45, 7) is 7.95. The molecule has 5 heteroatoms. The minimum Gasteiger partial charge on any atom is -0.497 e. The monoisotopic (exact) mass is 307 g/mol. The van der Waals surface area contributed by atoms with Gasteiger partial charge in [0.1, 0.15) is 5.75 Å². The minimum absolute atomic E-state index is 0.701. The van der Waals surface area contributed by atoms with E-state index in [9.17, 15) is 0 Å². The number of nitrogens with zero attached hydrogens (tertiary/aromatic N) is 1. The Hall–Kier alpha value is -1.75. The summed E-state index contributed by atoms with van der Waals surface area (Å²) in [5, 5.41) is 6.51. The van der Waals surface area contributed by atoms with Crippen LogP contribution >= 0.6 is 0 Å². The Morgan fingerprint density at radius 1 is 1.14 bits per heavy atom. The number of guanidine groups is 1. The summed E-state index contributed by atoms with van der Waals surface area (Å²) in [6.07, 6.45) is 2.04. The molecular formula is C17H29N3O2. The van der Waals surface area contributed by atoms with Crippen molar-refractivity contribution < 1.29 is 9.47 Å². The van der Waals surface area contributed by atoms with Gasteiger partial charge >= 0.3 is 0 Å². The highest BCUT2D eigenvalue weighted by molar-refractivity contribution is 5.79. The van der Waals surface area contributed by atoms with Gasteiger partial charge < -0.3 is 20.1 Å². The molecule has 0 saturated carbocycles. The van der Waals surface area contributed by atoms with Gasteiger partial charge in [0.25, 0.3) is 0 Å². The van der Waals surface area contributed by atoms with Crippen molar-refractivity contribution in [2.24, 2.45) is 4.99 Å². The second-order valence-electron chi connectivity index (χ2n) is 4.84. The summed E-state index contributed by atoms with van der Waals surface area (Å²) in [5.41, 5.74) is 1.31. The number of aryl methyl sites for hydroxylation is 1. The molecule has 0 heterocycles. The number of hydrogen-bond donors (Lipinski definition) is 2. The third-order valence-electron chi connectivity index (χ3n) is 3.14. The first-order valence-electron chi connectivity index (χ1n) is 8.03. The van der Waals surface area contributed by atoms with Crippen molar-refractivity contribution >= 4 is 5.96 Å². The van der Waals surface area contributed by atoms with Gasteiger partial charge in [-0.2, -0.15) is 0 Å². The maximum Gasteiger partial charge on any atom is 0.191 e. The van der Waals surface area contributed by atoms with Gasteiger partial charge in [-0.15, -0.1) is 0 Å². The van der Waals surface area contributed by atoms with Crippen LogP contribution in [0.15, 0.2) is 29.3 Å². The molecule has 1 aromatic carbocycles. The Morgan fingerprint density at radius 3 is 2.55 bits per heavy atom. The number of nitrogens with one attached hydrogen (secondary N) is 2. The third-order valence-corrected chi connectivity index (χ3v) is 3.14. The number of methoxy groups -OCH3 is 1. The van der Waals surface area contributed by atoms with Crippen molar-refractivity contribution in [2.45, 2.75) is 26.7 Å². The molecule has 0 saturated heterocycles. The Morgan fingerprint density at radius 2 is 1.91 bits per heavy atom. The number of benzene rings is 1. The Kier molecular flexibility index (Phi) is 9.87. The minimum atomic E-state index is 0.701. The van der Waals surface area contributed by atoms with Crippen LogP contribution in [0.4, 0.5) is 0 Å². The third kappa shape index (κ3) is 7.88. The van der Waals surface area contributed by atoms with Crippen LogP contribution in [0.1, 0.15) is 25.8 Å². The molecule has 0 bridgehead atoms. The van der Waals surface area contributed by atoms with Crippen LogP contribution in [0.3, 0.4) is 0 Å². The molecule has 2 N–H and O–H groups in total. The normalized spacial score (nSPS) is 11.3. The summed E-state index contributed by atoms with van der Waals surface area (Å²) in [6, 6.07) is 8.21. The summed E-state index contributed by atoms with van der Waals surface area (Å²) < 4.78 is 10.5. The lowest BCUT2D eigenvalue weighted by Crippen LogP contribution is -2.39. The molecule has 22 heavy (non-hydrogen) atoms. The maximum absolute atomic E-state index is 5.31. The van der Waals surface area contributed by atoms with E-state index in [0.717, 1.165) is 50.8 Å². The van der Waals surface area contributed by atoms with Gasteiger partial charge in [0.15, 0.2) is 5.96 Å². The molecule has 0 radical (unpaired) electrons. The summed E-state index contributed by atoms with van der Waals surface area (Å²) in [7, 11) is 1.69. The second-order valence-corrected chi connectivity index (χ2v) is 4.84. The lowest BCUT2D eigenvalue weighted by Gasteiger charge is -2.11. The number of aliphatic imine (C=N–C) groups is 1. The number of rotatable bonds is 10. The van der Waals surface area contributed by atoms with E-state index in [1.807, 2.05) is 19.1 Å². The highest BCUT2D eigenvalue weighted by Gasteiger charge is 1.97. The zero-order valence-electron chi connectivity index (χ0n) is 14.0. The predicted molar refractivity (Wildman–Crippen MR) is 91.8 cm³/mol. The van der Waals surface area contributed by atoms with Crippen molar-refractivity contribution in [3.8, 4) is 5.75 Å². The van der Waals surface area contributed by atoms with Crippen LogP contribution in [-0.2, 0) is 11.2 Å². The van der Waals surface area contributed by atoms with E-state index in [2.05, 4.69) is 34.7 Å². The van der Waals surface area contributed by atoms with Gasteiger partial charge in [-0.1, -0.05) is 12.1 Å². The number of hydrogen-bond acceptors (Lipinski definition) is 3. The van der Waals surface area contributed by atoms with Crippen molar-refractivity contribution in [1.82, 2.24) is 10.6 Å². The zero-order chi connectivity index (χ0) is 16.0. The highest BCUT2D eigenvalue weighted by Crippen LogP contribution is 2.12. The molecule has 0 aliphatic heterocycles. The van der Waals surface area contributed by atoms with E-state index in [1.54, 1.807) is 7.11 Å². The van der Waals surface area contributed by atoms with Gasteiger partial charge in [-0.05, 0) is 44.4 Å². The van der Waals surface area contributed by atoms with Crippen LogP contribution in [0.5, 0.6) is 5.75 Å². The summed E-state index contributed by atoms with van der Waals surface area (Å²) in [4.78, 5) is 4.57. The van der Waals surface area contributed by atoms with Gasteiger partial charge in [0, 0.05) is 26.2 Å². The molecule has 1 rings (SSSR count). The summed E-state index contributed by atoms with van der Waals surface area (Å²) >= 11 is 0. The average Bonchev–Trinajstić information content (AvgIpc) is 2.56. The number of ether oxygens (including phenoxy) is 2. The van der Waals surface area contributed by atoms with Crippen LogP contribution < -0.4 is 15.4 Å². The van der Waals surface area contributed by atoms with E-state index >= 15 is 0 Å². The van der Waals surface area contributed by atoms with E-state index in [0.29, 0.717) is 6.61 Å². The highest BCUT2D eigenvalue weighted by atomic mass is 16.5. The molecule has 0 spiro atoms. The lowest BCUT2D eigenvalue weighted by molar-refractivity contribution is 0.152.